The molecule has 2 aromatic rings. The number of carbonyl (C=O) groups excluding carboxylic acids is 2. The fourth-order valence-electron chi connectivity index (χ4n) is 5.97. The number of hydrogen-bond donors (Lipinski definition) is 1. The number of nitrogens with zero attached hydrogens (tertiary/aromatic N) is 10. The molecule has 2 aliphatic rings. The Morgan fingerprint density at radius 3 is 2.13 bits per heavy atom. The van der Waals surface area contributed by atoms with Crippen LogP contribution in [-0.4, -0.2) is 71.2 Å². The third-order valence-electron chi connectivity index (χ3n) is 7.94. The quantitative estimate of drug-likeness (QED) is 0.143. The normalized spacial score (nSPS) is 27.4. The van der Waals surface area contributed by atoms with Crippen molar-refractivity contribution in [3.05, 3.63) is 103 Å². The Hall–Kier alpha value is -4.97. The predicted molar refractivity (Wildman–Crippen MR) is 160 cm³/mol. The third-order valence-corrected chi connectivity index (χ3v) is 7.94. The molecule has 4 unspecified atom stereocenters. The van der Waals surface area contributed by atoms with Crippen LogP contribution in [0.5, 0.6) is 0 Å². The fourth-order valence-corrected chi connectivity index (χ4v) is 5.97. The fraction of sp³-hybridized carbons (Fsp3) is 0.517. The van der Waals surface area contributed by atoms with Gasteiger partial charge in [-0.15, -0.1) is 0 Å². The van der Waals surface area contributed by atoms with Gasteiger partial charge in [0.2, 0.25) is 0 Å². The van der Waals surface area contributed by atoms with Crippen LogP contribution in [0.1, 0.15) is 37.3 Å². The number of hydrogen-bond acceptors (Lipinski definition) is 9. The maximum atomic E-state index is 13.4. The van der Waals surface area contributed by atoms with E-state index < -0.39 is 60.5 Å². The summed E-state index contributed by atoms with van der Waals surface area (Å²) in [6.07, 6.45) is -4.20. The van der Waals surface area contributed by atoms with Crippen LogP contribution in [0, 0.1) is 5.92 Å². The van der Waals surface area contributed by atoms with E-state index in [1.54, 1.807) is 0 Å². The number of rotatable bonds is 11. The van der Waals surface area contributed by atoms with Gasteiger partial charge in [-0.05, 0) is 47.0 Å². The maximum Gasteiger partial charge on any atom is 0.410 e. The van der Waals surface area contributed by atoms with Crippen molar-refractivity contribution in [3.8, 4) is 0 Å². The molecule has 0 spiro atoms. The first-order valence-corrected chi connectivity index (χ1v) is 14.5. The van der Waals surface area contributed by atoms with E-state index in [0.29, 0.717) is 12.8 Å². The molecular weight excluding hydrogens is 584 g/mol. The Kier molecular flexibility index (Phi) is 11.9. The van der Waals surface area contributed by atoms with E-state index in [1.807, 2.05) is 60.7 Å². The second kappa shape index (κ2) is 16.2. The van der Waals surface area contributed by atoms with Crippen LogP contribution in [0.15, 0.2) is 76.0 Å². The summed E-state index contributed by atoms with van der Waals surface area (Å²) in [5.41, 5.74) is 29.4. The van der Waals surface area contributed by atoms with Crippen molar-refractivity contribution in [2.24, 2.45) is 21.3 Å². The maximum absolute atomic E-state index is 13.4. The molecule has 1 saturated carbocycles. The van der Waals surface area contributed by atoms with Crippen molar-refractivity contribution >= 4 is 12.1 Å². The first-order chi connectivity index (χ1) is 21.8. The summed E-state index contributed by atoms with van der Waals surface area (Å²) in [5, 5.41) is 22.9. The lowest BCUT2D eigenvalue weighted by Crippen LogP contribution is -2.60. The highest BCUT2D eigenvalue weighted by Gasteiger charge is 2.52. The van der Waals surface area contributed by atoms with E-state index in [0.717, 1.165) is 18.1 Å². The van der Waals surface area contributed by atoms with Gasteiger partial charge in [0, 0.05) is 40.2 Å². The molecule has 4 rings (SSSR count). The molecule has 1 amide bonds. The smallest absolute Gasteiger partial charge is 0.410 e. The number of amides is 1. The van der Waals surface area contributed by atoms with Gasteiger partial charge in [-0.2, -0.15) is 0 Å². The molecule has 8 atom stereocenters. The van der Waals surface area contributed by atoms with Crippen LogP contribution < -0.4 is 0 Å². The molecule has 16 nitrogen and oxygen atoms in total. The number of carbonyl (C=O) groups is 2. The molecule has 16 heteroatoms. The molecule has 2 aromatic carbocycles. The molecule has 0 aromatic heterocycles. The number of ether oxygens (including phenoxy) is 3. The van der Waals surface area contributed by atoms with E-state index >= 15 is 0 Å². The molecule has 45 heavy (non-hydrogen) atoms. The van der Waals surface area contributed by atoms with Crippen molar-refractivity contribution < 1.29 is 28.9 Å². The van der Waals surface area contributed by atoms with E-state index in [4.69, 9.17) is 19.7 Å². The minimum absolute atomic E-state index is 0.0484. The lowest BCUT2D eigenvalue weighted by molar-refractivity contribution is -0.178. The van der Waals surface area contributed by atoms with E-state index in [-0.39, 0.29) is 26.1 Å². The summed E-state index contributed by atoms with van der Waals surface area (Å²) in [7, 11) is 0. The zero-order valence-corrected chi connectivity index (χ0v) is 24.6. The van der Waals surface area contributed by atoms with Crippen LogP contribution >= 0.6 is 0 Å². The SMILES string of the molecule is CC(=O)O[C@H]1C(N=[N+]=[N-])CC(N=[N+]=[N-])C([C@H]2O[C@H](CN(Cc3ccccc3)C(=O)OCc3ccccc3)CCC2N=[N+]=[N-])[C@@H]1O. The first-order valence-electron chi connectivity index (χ1n) is 14.5. The van der Waals surface area contributed by atoms with Gasteiger partial charge in [0.1, 0.15) is 12.7 Å². The second-order valence-electron chi connectivity index (χ2n) is 10.9. The van der Waals surface area contributed by atoms with Gasteiger partial charge in [0.25, 0.3) is 0 Å². The molecule has 0 radical (unpaired) electrons. The van der Waals surface area contributed by atoms with Gasteiger partial charge in [-0.1, -0.05) is 76.0 Å². The number of benzene rings is 2. The third kappa shape index (κ3) is 8.79. The summed E-state index contributed by atoms with van der Waals surface area (Å²) in [5.74, 6) is -1.71. The van der Waals surface area contributed by atoms with Gasteiger partial charge >= 0.3 is 12.1 Å². The van der Waals surface area contributed by atoms with Crippen molar-refractivity contribution in [1.82, 2.24) is 4.90 Å². The van der Waals surface area contributed by atoms with Gasteiger partial charge < -0.3 is 24.2 Å². The van der Waals surface area contributed by atoms with Crippen molar-refractivity contribution in [1.29, 1.82) is 0 Å². The lowest BCUT2D eigenvalue weighted by atomic mass is 9.72. The summed E-state index contributed by atoms with van der Waals surface area (Å²) < 4.78 is 17.5. The van der Waals surface area contributed by atoms with Crippen LogP contribution in [0.4, 0.5) is 4.79 Å². The number of azide groups is 3. The number of esters is 1. The highest BCUT2D eigenvalue weighted by molar-refractivity contribution is 5.68. The largest absolute Gasteiger partial charge is 0.459 e. The van der Waals surface area contributed by atoms with Gasteiger partial charge in [0.15, 0.2) is 0 Å². The summed E-state index contributed by atoms with van der Waals surface area (Å²) in [6, 6.07) is 15.9. The average molecular weight is 619 g/mol. The molecule has 236 valence electrons. The number of aliphatic hydroxyl groups excluding tert-OH is 1. The molecule has 0 bridgehead atoms. The molecular formula is C29H34N10O6. The van der Waals surface area contributed by atoms with Gasteiger partial charge in [-0.3, -0.25) is 4.79 Å². The average Bonchev–Trinajstić information content (AvgIpc) is 3.03. The standard InChI is InChI=1S/C29H34N10O6/c1-18(40)44-28-24(35-38-32)14-23(34-37-31)25(26(28)41)27-22(33-36-30)13-12-21(45-27)16-39(15-19-8-4-2-5-9-19)29(42)43-17-20-10-6-3-7-11-20/h2-11,21-28,41H,12-17H2,1H3/t21-,22?,23?,24?,25?,26-,27-,28-/m0/s1. The van der Waals surface area contributed by atoms with Crippen LogP contribution in [-0.2, 0) is 32.2 Å². The van der Waals surface area contributed by atoms with Gasteiger partial charge in [0.05, 0.1) is 36.9 Å². The Bertz CT molecular complexity index is 1450. The zero-order chi connectivity index (χ0) is 32.2. The van der Waals surface area contributed by atoms with Crippen LogP contribution in [0.2, 0.25) is 0 Å². The van der Waals surface area contributed by atoms with Crippen molar-refractivity contribution in [3.63, 3.8) is 0 Å². The second-order valence-corrected chi connectivity index (χ2v) is 10.9. The minimum Gasteiger partial charge on any atom is -0.459 e. The van der Waals surface area contributed by atoms with Gasteiger partial charge in [-0.25, -0.2) is 4.79 Å². The van der Waals surface area contributed by atoms with E-state index in [2.05, 4.69) is 30.1 Å². The predicted octanol–water partition coefficient (Wildman–Crippen LogP) is 5.72. The highest BCUT2D eigenvalue weighted by atomic mass is 16.6. The topological polar surface area (TPSA) is 232 Å². The Labute approximate surface area is 258 Å². The first kappa shape index (κ1) is 32.9. The monoisotopic (exact) mass is 618 g/mol. The molecule has 1 heterocycles. The Morgan fingerprint density at radius 1 is 0.911 bits per heavy atom. The molecule has 1 N–H and O–H groups in total. The number of aliphatic hydroxyl groups is 1. The van der Waals surface area contributed by atoms with E-state index in [9.17, 15) is 25.8 Å². The Balaban J connectivity index is 1.60. The van der Waals surface area contributed by atoms with Crippen molar-refractivity contribution in [2.45, 2.75) is 81.9 Å². The lowest BCUT2D eigenvalue weighted by Gasteiger charge is -2.48. The zero-order valence-electron chi connectivity index (χ0n) is 24.6. The van der Waals surface area contributed by atoms with E-state index in [1.165, 1.54) is 4.90 Å². The van der Waals surface area contributed by atoms with Crippen molar-refractivity contribution in [2.75, 3.05) is 6.54 Å². The van der Waals surface area contributed by atoms with Crippen LogP contribution in [0.3, 0.4) is 0 Å². The molecule has 1 saturated heterocycles. The van der Waals surface area contributed by atoms with Crippen LogP contribution in [0.25, 0.3) is 31.3 Å². The Morgan fingerprint density at radius 2 is 1.51 bits per heavy atom. The summed E-state index contributed by atoms with van der Waals surface area (Å²) in [4.78, 5) is 35.5. The molecule has 1 aliphatic carbocycles. The molecule has 2 fully saturated rings. The summed E-state index contributed by atoms with van der Waals surface area (Å²) in [6.45, 7) is 1.56. The minimum atomic E-state index is -1.50. The molecule has 1 aliphatic heterocycles. The highest BCUT2D eigenvalue weighted by Crippen LogP contribution is 2.40. The summed E-state index contributed by atoms with van der Waals surface area (Å²) >= 11 is 0.